The Hall–Kier alpha value is -2.64. The Balaban J connectivity index is 1.66. The molecule has 7 heteroatoms. The van der Waals surface area contributed by atoms with Crippen molar-refractivity contribution in [3.05, 3.63) is 92.4 Å². The summed E-state index contributed by atoms with van der Waals surface area (Å²) in [6, 6.07) is 20.6. The van der Waals surface area contributed by atoms with E-state index in [1.54, 1.807) is 24.4 Å². The Morgan fingerprint density at radius 3 is 2.50 bits per heavy atom. The minimum absolute atomic E-state index is 0.293. The van der Waals surface area contributed by atoms with Crippen molar-refractivity contribution in [2.75, 3.05) is 6.61 Å². The van der Waals surface area contributed by atoms with Gasteiger partial charge in [0.2, 0.25) is 0 Å². The molecular formula is C23H20Br2N2O3. The van der Waals surface area contributed by atoms with Gasteiger partial charge in [-0.15, -0.1) is 0 Å². The lowest BCUT2D eigenvalue weighted by Gasteiger charge is -2.12. The molecule has 3 rings (SSSR count). The van der Waals surface area contributed by atoms with Crippen molar-refractivity contribution in [1.29, 1.82) is 0 Å². The molecule has 0 saturated carbocycles. The zero-order valence-corrected chi connectivity index (χ0v) is 19.4. The highest BCUT2D eigenvalue weighted by atomic mass is 79.9. The van der Waals surface area contributed by atoms with Crippen LogP contribution in [0.5, 0.6) is 11.5 Å². The molecule has 0 aliphatic heterocycles. The quantitative estimate of drug-likeness (QED) is 0.288. The summed E-state index contributed by atoms with van der Waals surface area (Å²) in [6.07, 6.45) is 1.57. The van der Waals surface area contributed by atoms with Gasteiger partial charge in [0.15, 0.2) is 11.5 Å². The fourth-order valence-electron chi connectivity index (χ4n) is 2.61. The van der Waals surface area contributed by atoms with E-state index in [1.165, 1.54) is 0 Å². The molecule has 0 aliphatic rings. The Labute approximate surface area is 192 Å². The van der Waals surface area contributed by atoms with Gasteiger partial charge in [0.25, 0.3) is 5.91 Å². The summed E-state index contributed by atoms with van der Waals surface area (Å²) in [5, 5.41) is 4.05. The van der Waals surface area contributed by atoms with Gasteiger partial charge in [0.05, 0.1) is 18.4 Å². The summed E-state index contributed by atoms with van der Waals surface area (Å²) in [4.78, 5) is 12.2. The minimum atomic E-state index is -0.293. The second-order valence-corrected chi connectivity index (χ2v) is 8.00. The van der Waals surface area contributed by atoms with Crippen LogP contribution in [0, 0.1) is 0 Å². The highest BCUT2D eigenvalue weighted by molar-refractivity contribution is 9.10. The fraction of sp³-hybridized carbons (Fsp3) is 0.130. The first-order chi connectivity index (χ1) is 14.6. The van der Waals surface area contributed by atoms with Crippen molar-refractivity contribution >= 4 is 44.0 Å². The number of amides is 1. The first-order valence-corrected chi connectivity index (χ1v) is 10.9. The van der Waals surface area contributed by atoms with Gasteiger partial charge < -0.3 is 9.47 Å². The molecule has 0 radical (unpaired) electrons. The molecule has 0 unspecified atom stereocenters. The first-order valence-electron chi connectivity index (χ1n) is 9.29. The normalized spacial score (nSPS) is 10.8. The van der Waals surface area contributed by atoms with Gasteiger partial charge in [-0.3, -0.25) is 4.79 Å². The third kappa shape index (κ3) is 6.18. The second kappa shape index (κ2) is 10.9. The zero-order valence-electron chi connectivity index (χ0n) is 16.3. The molecule has 3 aromatic rings. The average Bonchev–Trinajstić information content (AvgIpc) is 2.75. The van der Waals surface area contributed by atoms with Crippen molar-refractivity contribution in [2.24, 2.45) is 5.10 Å². The van der Waals surface area contributed by atoms with Gasteiger partial charge in [-0.25, -0.2) is 5.43 Å². The molecule has 0 bridgehead atoms. The summed E-state index contributed by atoms with van der Waals surface area (Å²) in [5.74, 6) is 0.975. The summed E-state index contributed by atoms with van der Waals surface area (Å²) in [7, 11) is 0. The Morgan fingerprint density at radius 2 is 1.77 bits per heavy atom. The third-order valence-corrected chi connectivity index (χ3v) is 5.29. The molecule has 0 atom stereocenters. The molecule has 1 amide bonds. The average molecular weight is 532 g/mol. The number of hydrogen-bond acceptors (Lipinski definition) is 4. The fourth-order valence-corrected chi connectivity index (χ4v) is 3.33. The monoisotopic (exact) mass is 530 g/mol. The van der Waals surface area contributed by atoms with Gasteiger partial charge in [0.1, 0.15) is 6.61 Å². The molecule has 30 heavy (non-hydrogen) atoms. The van der Waals surface area contributed by atoms with Gasteiger partial charge in [-0.05, 0) is 76.4 Å². The van der Waals surface area contributed by atoms with Crippen molar-refractivity contribution < 1.29 is 14.3 Å². The molecule has 154 valence electrons. The zero-order chi connectivity index (χ0) is 21.3. The lowest BCUT2D eigenvalue weighted by atomic mass is 10.2. The van der Waals surface area contributed by atoms with E-state index < -0.39 is 0 Å². The number of benzene rings is 3. The van der Waals surface area contributed by atoms with E-state index in [-0.39, 0.29) is 5.91 Å². The number of halogens is 2. The number of hydrogen-bond donors (Lipinski definition) is 1. The third-order valence-electron chi connectivity index (χ3n) is 4.07. The topological polar surface area (TPSA) is 59.9 Å². The predicted octanol–water partition coefficient (Wildman–Crippen LogP) is 5.95. The summed E-state index contributed by atoms with van der Waals surface area (Å²) < 4.78 is 13.4. The highest BCUT2D eigenvalue weighted by Gasteiger charge is 2.09. The molecule has 0 saturated heterocycles. The van der Waals surface area contributed by atoms with Crippen LogP contribution in [0.15, 0.2) is 80.8 Å². The maximum absolute atomic E-state index is 12.2. The van der Waals surface area contributed by atoms with Crippen molar-refractivity contribution in [1.82, 2.24) is 5.43 Å². The van der Waals surface area contributed by atoms with Crippen LogP contribution in [-0.4, -0.2) is 18.7 Å². The van der Waals surface area contributed by atoms with E-state index >= 15 is 0 Å². The number of carbonyl (C=O) groups excluding carboxylic acids is 1. The molecule has 0 fully saturated rings. The van der Waals surface area contributed by atoms with Crippen LogP contribution in [0.1, 0.15) is 28.4 Å². The minimum Gasteiger partial charge on any atom is -0.490 e. The van der Waals surface area contributed by atoms with Gasteiger partial charge in [-0.1, -0.05) is 40.2 Å². The number of ether oxygens (including phenoxy) is 2. The van der Waals surface area contributed by atoms with E-state index in [1.807, 2.05) is 55.5 Å². The maximum atomic E-state index is 12.2. The Morgan fingerprint density at radius 1 is 1.00 bits per heavy atom. The maximum Gasteiger partial charge on any atom is 0.272 e. The van der Waals surface area contributed by atoms with Crippen LogP contribution in [0.3, 0.4) is 0 Å². The lowest BCUT2D eigenvalue weighted by molar-refractivity contribution is 0.0954. The molecule has 1 N–H and O–H groups in total. The molecule has 0 aromatic heterocycles. The second-order valence-electron chi connectivity index (χ2n) is 6.23. The number of carbonyl (C=O) groups is 1. The van der Waals surface area contributed by atoms with Crippen LogP contribution in [-0.2, 0) is 6.61 Å². The summed E-state index contributed by atoms with van der Waals surface area (Å²) >= 11 is 6.78. The lowest BCUT2D eigenvalue weighted by Crippen LogP contribution is -2.18. The summed E-state index contributed by atoms with van der Waals surface area (Å²) in [6.45, 7) is 2.86. The molecule has 3 aromatic carbocycles. The van der Waals surface area contributed by atoms with E-state index in [0.29, 0.717) is 34.7 Å². The number of hydrazone groups is 1. The smallest absolute Gasteiger partial charge is 0.272 e. The highest BCUT2D eigenvalue weighted by Crippen LogP contribution is 2.29. The number of nitrogens with zero attached hydrogens (tertiary/aromatic N) is 1. The number of nitrogens with one attached hydrogen (secondary N) is 1. The van der Waals surface area contributed by atoms with E-state index in [0.717, 1.165) is 15.6 Å². The first kappa shape index (κ1) is 22.1. The Kier molecular flexibility index (Phi) is 8.04. The summed E-state index contributed by atoms with van der Waals surface area (Å²) in [5.41, 5.74) is 4.88. The number of rotatable bonds is 8. The van der Waals surface area contributed by atoms with Crippen LogP contribution >= 0.6 is 31.9 Å². The SMILES string of the molecule is CCOc1cc(/C=N/NC(=O)c2ccccc2Br)ccc1OCc1ccc(Br)cc1. The van der Waals surface area contributed by atoms with Gasteiger partial charge in [0, 0.05) is 8.95 Å². The van der Waals surface area contributed by atoms with E-state index in [9.17, 15) is 4.79 Å². The van der Waals surface area contributed by atoms with E-state index in [4.69, 9.17) is 9.47 Å². The predicted molar refractivity (Wildman–Crippen MR) is 125 cm³/mol. The van der Waals surface area contributed by atoms with Crippen LogP contribution < -0.4 is 14.9 Å². The molecule has 0 aliphatic carbocycles. The standard InChI is InChI=1S/C23H20Br2N2O3/c1-2-29-22-13-17(14-26-27-23(28)19-5-3-4-6-20(19)25)9-12-21(22)30-15-16-7-10-18(24)11-8-16/h3-14H,2,15H2,1H3,(H,27,28)/b26-14+. The largest absolute Gasteiger partial charge is 0.490 e. The van der Waals surface area contributed by atoms with Gasteiger partial charge >= 0.3 is 0 Å². The molecule has 0 heterocycles. The van der Waals surface area contributed by atoms with Crippen LogP contribution in [0.2, 0.25) is 0 Å². The van der Waals surface area contributed by atoms with Crippen molar-refractivity contribution in [3.63, 3.8) is 0 Å². The van der Waals surface area contributed by atoms with Crippen molar-refractivity contribution in [2.45, 2.75) is 13.5 Å². The van der Waals surface area contributed by atoms with Gasteiger partial charge in [-0.2, -0.15) is 5.10 Å². The molecular weight excluding hydrogens is 512 g/mol. The Bertz CT molecular complexity index is 1040. The van der Waals surface area contributed by atoms with Crippen LogP contribution in [0.4, 0.5) is 0 Å². The molecule has 5 nitrogen and oxygen atoms in total. The van der Waals surface area contributed by atoms with Crippen molar-refractivity contribution in [3.8, 4) is 11.5 Å². The van der Waals surface area contributed by atoms with E-state index in [2.05, 4.69) is 42.4 Å². The molecule has 0 spiro atoms. The van der Waals surface area contributed by atoms with Crippen LogP contribution in [0.25, 0.3) is 0 Å².